The Balaban J connectivity index is 4.26. The van der Waals surface area contributed by atoms with Crippen LogP contribution in [-0.4, -0.2) is 37.2 Å². The molecular formula is C72H126O6. The van der Waals surface area contributed by atoms with E-state index in [1.54, 1.807) is 0 Å². The number of rotatable bonds is 61. The molecule has 0 radical (unpaired) electrons. The highest BCUT2D eigenvalue weighted by Gasteiger charge is 2.19. The number of hydrogen-bond donors (Lipinski definition) is 0. The largest absolute Gasteiger partial charge is 0.462 e. The van der Waals surface area contributed by atoms with Gasteiger partial charge in [-0.05, 0) is 116 Å². The van der Waals surface area contributed by atoms with Gasteiger partial charge in [-0.3, -0.25) is 14.4 Å². The Labute approximate surface area is 484 Å². The first kappa shape index (κ1) is 74.6. The summed E-state index contributed by atoms with van der Waals surface area (Å²) in [5, 5.41) is 0. The maximum Gasteiger partial charge on any atom is 0.306 e. The summed E-state index contributed by atoms with van der Waals surface area (Å²) in [5.74, 6) is -0.878. The molecule has 6 heteroatoms. The summed E-state index contributed by atoms with van der Waals surface area (Å²) in [7, 11) is 0. The van der Waals surface area contributed by atoms with E-state index in [1.807, 2.05) is 0 Å². The lowest BCUT2D eigenvalue weighted by molar-refractivity contribution is -0.167. The molecule has 0 N–H and O–H groups in total. The van der Waals surface area contributed by atoms with E-state index in [0.29, 0.717) is 19.3 Å². The van der Waals surface area contributed by atoms with Crippen LogP contribution in [0.4, 0.5) is 0 Å². The molecule has 0 aliphatic rings. The van der Waals surface area contributed by atoms with Gasteiger partial charge >= 0.3 is 17.9 Å². The third-order valence-corrected chi connectivity index (χ3v) is 14.6. The van der Waals surface area contributed by atoms with Crippen molar-refractivity contribution in [1.29, 1.82) is 0 Å². The molecule has 450 valence electrons. The Bertz CT molecular complexity index is 1480. The quantitative estimate of drug-likeness (QED) is 0.0261. The number of unbranched alkanes of at least 4 members (excludes halogenated alkanes) is 36. The number of allylic oxidation sites excluding steroid dienone is 14. The minimum Gasteiger partial charge on any atom is -0.462 e. The van der Waals surface area contributed by atoms with Gasteiger partial charge < -0.3 is 14.2 Å². The summed E-state index contributed by atoms with van der Waals surface area (Å²) in [6.45, 7) is 6.52. The highest BCUT2D eigenvalue weighted by atomic mass is 16.6. The predicted octanol–water partition coefficient (Wildman–Crippen LogP) is 23.1. The maximum atomic E-state index is 12.9. The van der Waals surface area contributed by atoms with Gasteiger partial charge in [-0.15, -0.1) is 0 Å². The van der Waals surface area contributed by atoms with Gasteiger partial charge in [0.1, 0.15) is 13.2 Å². The summed E-state index contributed by atoms with van der Waals surface area (Å²) in [6.07, 6.45) is 87.4. The molecule has 1 unspecified atom stereocenters. The van der Waals surface area contributed by atoms with E-state index in [2.05, 4.69) is 106 Å². The number of carbonyl (C=O) groups excluding carboxylic acids is 3. The topological polar surface area (TPSA) is 78.9 Å². The van der Waals surface area contributed by atoms with Gasteiger partial charge in [0.15, 0.2) is 6.10 Å². The average molecular weight is 1090 g/mol. The summed E-state index contributed by atoms with van der Waals surface area (Å²) in [6, 6.07) is 0. The Morgan fingerprint density at radius 1 is 0.269 bits per heavy atom. The van der Waals surface area contributed by atoms with E-state index in [0.717, 1.165) is 96.3 Å². The van der Waals surface area contributed by atoms with Gasteiger partial charge in [0.05, 0.1) is 0 Å². The molecule has 0 aliphatic heterocycles. The van der Waals surface area contributed by atoms with E-state index < -0.39 is 6.10 Å². The molecule has 0 rings (SSSR count). The Kier molecular flexibility index (Phi) is 63.2. The second-order valence-corrected chi connectivity index (χ2v) is 22.3. The van der Waals surface area contributed by atoms with E-state index in [1.165, 1.54) is 199 Å². The number of esters is 3. The van der Waals surface area contributed by atoms with Crippen molar-refractivity contribution in [2.45, 2.75) is 341 Å². The first-order valence-corrected chi connectivity index (χ1v) is 33.6. The molecular weight excluding hydrogens is 961 g/mol. The Morgan fingerprint density at radius 3 is 0.821 bits per heavy atom. The fourth-order valence-corrected chi connectivity index (χ4v) is 9.58. The Morgan fingerprint density at radius 2 is 0.500 bits per heavy atom. The first-order valence-electron chi connectivity index (χ1n) is 33.6. The lowest BCUT2D eigenvalue weighted by Crippen LogP contribution is -2.30. The van der Waals surface area contributed by atoms with Gasteiger partial charge in [0.2, 0.25) is 0 Å². The van der Waals surface area contributed by atoms with Crippen molar-refractivity contribution < 1.29 is 28.6 Å². The van der Waals surface area contributed by atoms with Crippen molar-refractivity contribution in [1.82, 2.24) is 0 Å². The van der Waals surface area contributed by atoms with Crippen molar-refractivity contribution >= 4 is 17.9 Å². The van der Waals surface area contributed by atoms with Crippen LogP contribution in [0.15, 0.2) is 85.1 Å². The first-order chi connectivity index (χ1) is 38.5. The fourth-order valence-electron chi connectivity index (χ4n) is 9.58. The van der Waals surface area contributed by atoms with E-state index in [4.69, 9.17) is 14.2 Å². The smallest absolute Gasteiger partial charge is 0.306 e. The lowest BCUT2D eigenvalue weighted by Gasteiger charge is -2.18. The van der Waals surface area contributed by atoms with Gasteiger partial charge in [0, 0.05) is 19.3 Å². The summed E-state index contributed by atoms with van der Waals surface area (Å²) >= 11 is 0. The van der Waals surface area contributed by atoms with Crippen molar-refractivity contribution in [2.75, 3.05) is 13.2 Å². The van der Waals surface area contributed by atoms with E-state index in [9.17, 15) is 14.4 Å². The molecule has 0 aromatic heterocycles. The molecule has 0 aliphatic carbocycles. The molecule has 0 aromatic carbocycles. The van der Waals surface area contributed by atoms with Crippen LogP contribution in [0, 0.1) is 0 Å². The van der Waals surface area contributed by atoms with Gasteiger partial charge in [-0.1, -0.05) is 286 Å². The van der Waals surface area contributed by atoms with Crippen LogP contribution >= 0.6 is 0 Å². The van der Waals surface area contributed by atoms with Crippen LogP contribution in [0.3, 0.4) is 0 Å². The highest BCUT2D eigenvalue weighted by Crippen LogP contribution is 2.17. The van der Waals surface area contributed by atoms with Gasteiger partial charge in [0.25, 0.3) is 0 Å². The third kappa shape index (κ3) is 63.4. The maximum absolute atomic E-state index is 12.9. The summed E-state index contributed by atoms with van der Waals surface area (Å²) in [5.41, 5.74) is 0. The van der Waals surface area contributed by atoms with Crippen molar-refractivity contribution in [3.63, 3.8) is 0 Å². The minimum atomic E-state index is -0.783. The third-order valence-electron chi connectivity index (χ3n) is 14.6. The van der Waals surface area contributed by atoms with E-state index >= 15 is 0 Å². The average Bonchev–Trinajstić information content (AvgIpc) is 3.44. The minimum absolute atomic E-state index is 0.0788. The standard InChI is InChI=1S/C72H126O6/c1-4-7-10-13-16-19-22-25-27-29-31-33-34-35-36-37-38-40-41-43-45-47-50-53-56-59-62-65-71(74)77-68-69(67-76-70(73)64-61-58-55-52-49-24-21-18-15-12-9-6-3)78-72(75)66-63-60-57-54-51-48-46-44-42-39-32-30-28-26-23-20-17-14-11-8-5-2/h7,10,16,18-19,21,23,25-27,30-33,69H,4-6,8-9,11-15,17,20,22,24,28-29,34-68H2,1-3H3/b10-7-,19-16-,21-18-,26-23-,27-25-,32-30-,33-31-. The predicted molar refractivity (Wildman–Crippen MR) is 339 cm³/mol. The second kappa shape index (κ2) is 66.1. The molecule has 0 bridgehead atoms. The van der Waals surface area contributed by atoms with Crippen LogP contribution in [0.25, 0.3) is 0 Å². The van der Waals surface area contributed by atoms with Crippen LogP contribution in [-0.2, 0) is 28.6 Å². The normalized spacial score (nSPS) is 12.6. The second-order valence-electron chi connectivity index (χ2n) is 22.3. The molecule has 0 saturated heterocycles. The monoisotopic (exact) mass is 1090 g/mol. The zero-order valence-electron chi connectivity index (χ0n) is 51.7. The van der Waals surface area contributed by atoms with Crippen LogP contribution < -0.4 is 0 Å². The van der Waals surface area contributed by atoms with Crippen molar-refractivity contribution in [2.24, 2.45) is 0 Å². The van der Waals surface area contributed by atoms with Crippen molar-refractivity contribution in [3.05, 3.63) is 85.1 Å². The number of ether oxygens (including phenoxy) is 3. The zero-order chi connectivity index (χ0) is 56.4. The highest BCUT2D eigenvalue weighted by molar-refractivity contribution is 5.71. The fraction of sp³-hybridized carbons (Fsp3) is 0.764. The Hall–Kier alpha value is -3.41. The SMILES string of the molecule is CC/C=C\C/C=C\C/C=C\C/C=C\CCCCCCCCCCCCCCCCC(=O)OCC(COC(=O)CCCCCCC/C=C\CCCCC)OC(=O)CCCCCCCCCCC/C=C\C/C=C\CCCCCCC. The zero-order valence-corrected chi connectivity index (χ0v) is 51.7. The molecule has 6 nitrogen and oxygen atoms in total. The molecule has 0 heterocycles. The molecule has 0 aromatic rings. The van der Waals surface area contributed by atoms with Gasteiger partial charge in [-0.2, -0.15) is 0 Å². The number of carbonyl (C=O) groups is 3. The summed E-state index contributed by atoms with van der Waals surface area (Å²) < 4.78 is 16.9. The molecule has 0 fully saturated rings. The van der Waals surface area contributed by atoms with E-state index in [-0.39, 0.29) is 31.1 Å². The van der Waals surface area contributed by atoms with Gasteiger partial charge in [-0.25, -0.2) is 0 Å². The molecule has 0 amide bonds. The van der Waals surface area contributed by atoms with Crippen LogP contribution in [0.2, 0.25) is 0 Å². The molecule has 0 spiro atoms. The number of hydrogen-bond acceptors (Lipinski definition) is 6. The summed E-state index contributed by atoms with van der Waals surface area (Å²) in [4.78, 5) is 38.3. The lowest BCUT2D eigenvalue weighted by atomic mass is 10.0. The van der Waals surface area contributed by atoms with Crippen LogP contribution in [0.1, 0.15) is 335 Å². The molecule has 1 atom stereocenters. The molecule has 0 saturated carbocycles. The van der Waals surface area contributed by atoms with Crippen molar-refractivity contribution in [3.8, 4) is 0 Å². The van der Waals surface area contributed by atoms with Crippen LogP contribution in [0.5, 0.6) is 0 Å². The molecule has 78 heavy (non-hydrogen) atoms.